The molecule has 0 N–H and O–H groups in total. The third-order valence-corrected chi connectivity index (χ3v) is 5.54. The molecule has 2 aromatic heterocycles. The van der Waals surface area contributed by atoms with Gasteiger partial charge in [-0.05, 0) is 36.8 Å². The van der Waals surface area contributed by atoms with Gasteiger partial charge in [0.2, 0.25) is 0 Å². The summed E-state index contributed by atoms with van der Waals surface area (Å²) in [5, 5.41) is 10.7. The molecule has 0 unspecified atom stereocenters. The second kappa shape index (κ2) is 7.58. The number of halogens is 1. The molecule has 4 rings (SSSR count). The molecule has 5 nitrogen and oxygen atoms in total. The largest absolute Gasteiger partial charge is 0.495 e. The predicted octanol–water partition coefficient (Wildman–Crippen LogP) is 5.08. The topological polar surface area (TPSA) is 52.8 Å². The second-order valence-electron chi connectivity index (χ2n) is 6.08. The van der Waals surface area contributed by atoms with Crippen LogP contribution in [-0.2, 0) is 5.75 Å². The van der Waals surface area contributed by atoms with E-state index in [0.29, 0.717) is 10.9 Å². The average molecular weight is 397 g/mol. The van der Waals surface area contributed by atoms with E-state index in [9.17, 15) is 0 Å². The molecule has 0 saturated carbocycles. The third-order valence-electron chi connectivity index (χ3n) is 4.22. The summed E-state index contributed by atoms with van der Waals surface area (Å²) in [6.07, 6.45) is 1.68. The number of hydrogen-bond donors (Lipinski definition) is 0. The van der Waals surface area contributed by atoms with Gasteiger partial charge < -0.3 is 4.74 Å². The number of rotatable bonds is 5. The van der Waals surface area contributed by atoms with Crippen LogP contribution in [-0.4, -0.2) is 26.9 Å². The highest BCUT2D eigenvalue weighted by Crippen LogP contribution is 2.30. The lowest BCUT2D eigenvalue weighted by molar-refractivity contribution is 0.412. The first-order valence-corrected chi connectivity index (χ1v) is 9.74. The van der Waals surface area contributed by atoms with E-state index in [2.05, 4.69) is 33.4 Å². The zero-order valence-electron chi connectivity index (χ0n) is 14.9. The van der Waals surface area contributed by atoms with E-state index in [1.54, 1.807) is 25.2 Å². The first-order valence-electron chi connectivity index (χ1n) is 8.37. The summed E-state index contributed by atoms with van der Waals surface area (Å²) in [7, 11) is 1.65. The van der Waals surface area contributed by atoms with Gasteiger partial charge in [0.1, 0.15) is 17.2 Å². The standard InChI is InChI=1S/C20H17ClN4OS/c1-13-7-8-14-10-15(19(21)23-16(14)9-13)11-27-20-24-22-12-25(20)17-5-3-4-6-18(17)26-2/h3-10,12H,11H2,1-2H3. The Morgan fingerprint density at radius 1 is 1.15 bits per heavy atom. The van der Waals surface area contributed by atoms with Crippen LogP contribution in [0.2, 0.25) is 5.15 Å². The molecule has 7 heteroatoms. The van der Waals surface area contributed by atoms with Crippen LogP contribution in [0, 0.1) is 6.92 Å². The number of fused-ring (bicyclic) bond motifs is 1. The molecule has 0 aliphatic heterocycles. The fourth-order valence-corrected chi connectivity index (χ4v) is 4.04. The van der Waals surface area contributed by atoms with Gasteiger partial charge >= 0.3 is 0 Å². The highest BCUT2D eigenvalue weighted by molar-refractivity contribution is 7.98. The maximum absolute atomic E-state index is 6.41. The number of aromatic nitrogens is 4. The van der Waals surface area contributed by atoms with Gasteiger partial charge in [0.15, 0.2) is 5.16 Å². The van der Waals surface area contributed by atoms with Crippen LogP contribution in [0.3, 0.4) is 0 Å². The molecule has 0 saturated heterocycles. The van der Waals surface area contributed by atoms with E-state index < -0.39 is 0 Å². The zero-order chi connectivity index (χ0) is 18.8. The maximum atomic E-state index is 6.41. The smallest absolute Gasteiger partial charge is 0.196 e. The minimum Gasteiger partial charge on any atom is -0.495 e. The molecular weight excluding hydrogens is 380 g/mol. The molecule has 0 fully saturated rings. The lowest BCUT2D eigenvalue weighted by Gasteiger charge is -2.11. The molecule has 0 aliphatic rings. The van der Waals surface area contributed by atoms with Crippen LogP contribution >= 0.6 is 23.4 Å². The molecule has 4 aromatic rings. The number of pyridine rings is 1. The summed E-state index contributed by atoms with van der Waals surface area (Å²) in [4.78, 5) is 4.53. The third kappa shape index (κ3) is 3.63. The van der Waals surface area contributed by atoms with Crippen LogP contribution in [0.25, 0.3) is 16.6 Å². The fourth-order valence-electron chi connectivity index (χ4n) is 2.86. The minimum absolute atomic E-state index is 0.518. The van der Waals surface area contributed by atoms with E-state index >= 15 is 0 Å². The Labute approximate surface area is 166 Å². The fraction of sp³-hybridized carbons (Fsp3) is 0.150. The van der Waals surface area contributed by atoms with Crippen molar-refractivity contribution >= 4 is 34.3 Å². The van der Waals surface area contributed by atoms with Gasteiger partial charge in [-0.2, -0.15) is 0 Å². The Morgan fingerprint density at radius 3 is 2.85 bits per heavy atom. The van der Waals surface area contributed by atoms with Crippen molar-refractivity contribution in [3.8, 4) is 11.4 Å². The van der Waals surface area contributed by atoms with E-state index in [-0.39, 0.29) is 0 Å². The lowest BCUT2D eigenvalue weighted by atomic mass is 10.1. The molecule has 0 aliphatic carbocycles. The van der Waals surface area contributed by atoms with Crippen LogP contribution in [0.15, 0.2) is 60.0 Å². The van der Waals surface area contributed by atoms with Crippen molar-refractivity contribution in [1.29, 1.82) is 0 Å². The monoisotopic (exact) mass is 396 g/mol. The number of para-hydroxylation sites is 2. The van der Waals surface area contributed by atoms with Gasteiger partial charge in [0.25, 0.3) is 0 Å². The summed E-state index contributed by atoms with van der Waals surface area (Å²) in [6, 6.07) is 16.0. The van der Waals surface area contributed by atoms with Crippen LogP contribution in [0.4, 0.5) is 0 Å². The Morgan fingerprint density at radius 2 is 2.00 bits per heavy atom. The number of nitrogens with zero attached hydrogens (tertiary/aromatic N) is 4. The zero-order valence-corrected chi connectivity index (χ0v) is 16.5. The number of aryl methyl sites for hydroxylation is 1. The number of benzene rings is 2. The highest BCUT2D eigenvalue weighted by Gasteiger charge is 2.13. The van der Waals surface area contributed by atoms with E-state index in [1.807, 2.05) is 41.8 Å². The van der Waals surface area contributed by atoms with Crippen molar-refractivity contribution in [3.05, 3.63) is 71.1 Å². The molecule has 0 atom stereocenters. The van der Waals surface area contributed by atoms with Crippen LogP contribution < -0.4 is 4.74 Å². The molecule has 27 heavy (non-hydrogen) atoms. The molecule has 0 radical (unpaired) electrons. The van der Waals surface area contributed by atoms with Crippen molar-refractivity contribution in [3.63, 3.8) is 0 Å². The normalized spacial score (nSPS) is 11.1. The van der Waals surface area contributed by atoms with Crippen molar-refractivity contribution in [2.75, 3.05) is 7.11 Å². The van der Waals surface area contributed by atoms with Gasteiger partial charge in [-0.3, -0.25) is 4.57 Å². The maximum Gasteiger partial charge on any atom is 0.196 e. The van der Waals surface area contributed by atoms with Gasteiger partial charge in [-0.15, -0.1) is 10.2 Å². The number of thioether (sulfide) groups is 1. The van der Waals surface area contributed by atoms with Crippen molar-refractivity contribution < 1.29 is 4.74 Å². The molecule has 2 aromatic carbocycles. The Balaban J connectivity index is 1.62. The summed E-state index contributed by atoms with van der Waals surface area (Å²) < 4.78 is 7.36. The summed E-state index contributed by atoms with van der Waals surface area (Å²) in [5.74, 6) is 1.41. The Hall–Kier alpha value is -2.57. The van der Waals surface area contributed by atoms with Gasteiger partial charge in [-0.1, -0.05) is 47.6 Å². The highest BCUT2D eigenvalue weighted by atomic mass is 35.5. The average Bonchev–Trinajstić information content (AvgIpc) is 3.14. The quantitative estimate of drug-likeness (QED) is 0.348. The SMILES string of the molecule is COc1ccccc1-n1cnnc1SCc1cc2ccc(C)cc2nc1Cl. The lowest BCUT2D eigenvalue weighted by Crippen LogP contribution is -1.99. The minimum atomic E-state index is 0.518. The van der Waals surface area contributed by atoms with Gasteiger partial charge in [-0.25, -0.2) is 4.98 Å². The Kier molecular flexibility index (Phi) is 5.01. The molecule has 136 valence electrons. The number of ether oxygens (including phenoxy) is 1. The van der Waals surface area contributed by atoms with E-state index in [1.165, 1.54) is 0 Å². The van der Waals surface area contributed by atoms with Crippen LogP contribution in [0.5, 0.6) is 5.75 Å². The first-order chi connectivity index (χ1) is 13.2. The van der Waals surface area contributed by atoms with Gasteiger partial charge in [0.05, 0.1) is 18.3 Å². The van der Waals surface area contributed by atoms with Gasteiger partial charge in [0, 0.05) is 16.7 Å². The summed E-state index contributed by atoms with van der Waals surface area (Å²) in [6.45, 7) is 2.05. The summed E-state index contributed by atoms with van der Waals surface area (Å²) in [5.41, 5.74) is 3.93. The molecule has 2 heterocycles. The first kappa shape index (κ1) is 17.8. The van der Waals surface area contributed by atoms with E-state index in [0.717, 1.165) is 38.6 Å². The number of hydrogen-bond acceptors (Lipinski definition) is 5. The van der Waals surface area contributed by atoms with Crippen molar-refractivity contribution in [2.45, 2.75) is 17.8 Å². The van der Waals surface area contributed by atoms with Crippen molar-refractivity contribution in [2.24, 2.45) is 0 Å². The molecule has 0 bridgehead atoms. The Bertz CT molecular complexity index is 1110. The molecule has 0 amide bonds. The number of methoxy groups -OCH3 is 1. The second-order valence-corrected chi connectivity index (χ2v) is 7.38. The predicted molar refractivity (Wildman–Crippen MR) is 109 cm³/mol. The molecule has 0 spiro atoms. The van der Waals surface area contributed by atoms with E-state index in [4.69, 9.17) is 16.3 Å². The summed E-state index contributed by atoms with van der Waals surface area (Å²) >= 11 is 7.97. The molecular formula is C20H17ClN4OS. The van der Waals surface area contributed by atoms with Crippen LogP contribution in [0.1, 0.15) is 11.1 Å². The van der Waals surface area contributed by atoms with Crippen molar-refractivity contribution in [1.82, 2.24) is 19.7 Å².